The Kier molecular flexibility index (Phi) is 12.0. The van der Waals surface area contributed by atoms with Crippen molar-refractivity contribution in [2.24, 2.45) is 27.2 Å². The lowest BCUT2D eigenvalue weighted by Crippen LogP contribution is -2.48. The molecule has 0 radical (unpaired) electrons. The quantitative estimate of drug-likeness (QED) is 0.201. The molecule has 288 valence electrons. The first-order valence-electron chi connectivity index (χ1n) is 18.0. The molecule has 3 atom stereocenters. The second-order valence-corrected chi connectivity index (χ2v) is 14.8. The lowest BCUT2D eigenvalue weighted by molar-refractivity contribution is -0.137. The van der Waals surface area contributed by atoms with Gasteiger partial charge in [0.1, 0.15) is 5.54 Å². The smallest absolute Gasteiger partial charge is 0.324 e. The first kappa shape index (κ1) is 40.2. The van der Waals surface area contributed by atoms with Crippen LogP contribution in [-0.2, 0) is 21.9 Å². The second kappa shape index (κ2) is 16.2. The monoisotopic (exact) mass is 756 g/mol. The van der Waals surface area contributed by atoms with Crippen LogP contribution in [-0.4, -0.2) is 34.6 Å². The fourth-order valence-corrected chi connectivity index (χ4v) is 7.46. The number of benzene rings is 2. The van der Waals surface area contributed by atoms with E-state index in [0.29, 0.717) is 24.7 Å². The lowest BCUT2D eigenvalue weighted by Gasteiger charge is -2.26. The van der Waals surface area contributed by atoms with Gasteiger partial charge in [-0.15, -0.1) is 0 Å². The number of anilines is 2. The Hall–Kier alpha value is -4.99. The molecule has 2 aliphatic carbocycles. The molecule has 2 aromatic carbocycles. The molecule has 10 nitrogen and oxygen atoms in total. The summed E-state index contributed by atoms with van der Waals surface area (Å²) in [6.07, 6.45) is 2.93. The molecule has 0 aromatic heterocycles. The van der Waals surface area contributed by atoms with Crippen LogP contribution >= 0.6 is 0 Å². The Morgan fingerprint density at radius 3 is 1.78 bits per heavy atom. The Morgan fingerprint density at radius 1 is 0.778 bits per heavy atom. The zero-order valence-corrected chi connectivity index (χ0v) is 30.0. The number of hydrogen-bond donors (Lipinski definition) is 3. The highest BCUT2D eigenvalue weighted by Gasteiger charge is 2.44. The van der Waals surface area contributed by atoms with Crippen LogP contribution in [0.15, 0.2) is 51.7 Å². The summed E-state index contributed by atoms with van der Waals surface area (Å²) in [6.45, 7) is 17.1. The minimum absolute atomic E-state index is 0.00253. The summed E-state index contributed by atoms with van der Waals surface area (Å²) in [5.41, 5.74) is -1.34. The summed E-state index contributed by atoms with van der Waals surface area (Å²) in [6, 6.07) is 6.33. The highest BCUT2D eigenvalue weighted by Crippen LogP contribution is 2.41. The van der Waals surface area contributed by atoms with Crippen molar-refractivity contribution >= 4 is 40.3 Å². The number of hydrazone groups is 1. The average Bonchev–Trinajstić information content (AvgIpc) is 3.76. The lowest BCUT2D eigenvalue weighted by atomic mass is 9.80. The molecule has 2 aliphatic heterocycles. The number of amides is 2. The van der Waals surface area contributed by atoms with Gasteiger partial charge >= 0.3 is 12.4 Å². The van der Waals surface area contributed by atoms with Gasteiger partial charge in [0.2, 0.25) is 0 Å². The van der Waals surface area contributed by atoms with E-state index in [1.165, 1.54) is 25.0 Å². The molecule has 0 bridgehead atoms. The normalized spacial score (nSPS) is 24.6. The molecule has 3 unspecified atom stereocenters. The molecule has 2 saturated carbocycles. The van der Waals surface area contributed by atoms with E-state index in [9.17, 15) is 35.9 Å². The molecule has 2 amide bonds. The van der Waals surface area contributed by atoms with Crippen molar-refractivity contribution in [3.8, 4) is 0 Å². The van der Waals surface area contributed by atoms with Crippen molar-refractivity contribution in [1.29, 1.82) is 0 Å². The Bertz CT molecular complexity index is 1870. The largest absolute Gasteiger partial charge is 0.407 e. The number of nitrogens with zero attached hydrogens (tertiary/aromatic N) is 5. The maximum Gasteiger partial charge on any atom is 0.407 e. The van der Waals surface area contributed by atoms with Crippen molar-refractivity contribution in [3.05, 3.63) is 70.4 Å². The van der Waals surface area contributed by atoms with E-state index in [4.69, 9.17) is 13.1 Å². The summed E-state index contributed by atoms with van der Waals surface area (Å²) in [7, 11) is 0. The van der Waals surface area contributed by atoms with Crippen LogP contribution in [0.1, 0.15) is 102 Å². The van der Waals surface area contributed by atoms with E-state index in [1.54, 1.807) is 13.8 Å². The number of azo groups is 1. The standard InChI is InChI=1S/2C19H21F3N4O/c2*1-18(11-16(25-26-18)12-6-4-3-5-7-12)17(27)24-13-8-9-15(23-2)14(10-13)19(20,21)22/h8-10,12,26H,3-7,11H2,1H3,(H,24,27);8-10,12,16H,3-7,11H2,1H3,(H,24,27). The molecule has 2 aromatic rings. The number of hydrogen-bond acceptors (Lipinski definition) is 6. The summed E-state index contributed by atoms with van der Waals surface area (Å²) in [5.74, 6) is -0.128. The SMILES string of the molecule is [C-]#[N+]c1ccc(NC(=O)C2(C)CC(C3CCCCC3)=NN2)cc1C(F)(F)F.[C-]#[N+]c1ccc(NC(=O)C2(C)CC(C3CCCCC3)N=N2)cc1C(F)(F)F. The predicted molar refractivity (Wildman–Crippen MR) is 191 cm³/mol. The van der Waals surface area contributed by atoms with Crippen LogP contribution in [0.2, 0.25) is 0 Å². The Balaban J connectivity index is 0.000000208. The molecule has 6 rings (SSSR count). The summed E-state index contributed by atoms with van der Waals surface area (Å²) < 4.78 is 78.6. The number of rotatable bonds is 6. The van der Waals surface area contributed by atoms with Gasteiger partial charge in [-0.3, -0.25) is 15.0 Å². The number of halogens is 6. The fourth-order valence-electron chi connectivity index (χ4n) is 7.46. The molecule has 0 saturated heterocycles. The van der Waals surface area contributed by atoms with Crippen LogP contribution in [0.4, 0.5) is 49.1 Å². The first-order valence-corrected chi connectivity index (χ1v) is 18.0. The van der Waals surface area contributed by atoms with Crippen LogP contribution in [0.25, 0.3) is 9.69 Å². The topological polar surface area (TPSA) is 116 Å². The van der Waals surface area contributed by atoms with E-state index in [1.807, 2.05) is 0 Å². The zero-order chi connectivity index (χ0) is 39.3. The average molecular weight is 757 g/mol. The molecule has 3 N–H and O–H groups in total. The van der Waals surface area contributed by atoms with Gasteiger partial charge < -0.3 is 10.6 Å². The molecule has 2 fully saturated rings. The van der Waals surface area contributed by atoms with Crippen LogP contribution in [0, 0.1) is 25.0 Å². The van der Waals surface area contributed by atoms with Crippen LogP contribution < -0.4 is 16.1 Å². The number of nitrogens with one attached hydrogen (secondary N) is 3. The minimum atomic E-state index is -4.66. The van der Waals surface area contributed by atoms with E-state index >= 15 is 0 Å². The maximum absolute atomic E-state index is 13.1. The Morgan fingerprint density at radius 2 is 1.28 bits per heavy atom. The molecule has 4 aliphatic rings. The highest BCUT2D eigenvalue weighted by atomic mass is 19.4. The molecule has 16 heteroatoms. The van der Waals surface area contributed by atoms with Crippen molar-refractivity contribution in [1.82, 2.24) is 5.43 Å². The number of alkyl halides is 6. The van der Waals surface area contributed by atoms with Crippen LogP contribution in [0.3, 0.4) is 0 Å². The fraction of sp³-hybridized carbons (Fsp3) is 0.553. The number of carbonyl (C=O) groups excluding carboxylic acids is 2. The molecule has 0 spiro atoms. The highest BCUT2D eigenvalue weighted by molar-refractivity contribution is 6.04. The molecule has 54 heavy (non-hydrogen) atoms. The van der Waals surface area contributed by atoms with E-state index < -0.39 is 57.7 Å². The van der Waals surface area contributed by atoms with Crippen molar-refractivity contribution in [2.45, 2.75) is 120 Å². The molecule has 2 heterocycles. The van der Waals surface area contributed by atoms with Gasteiger partial charge in [0.25, 0.3) is 11.8 Å². The van der Waals surface area contributed by atoms with Gasteiger partial charge in [-0.1, -0.05) is 50.7 Å². The van der Waals surface area contributed by atoms with E-state index in [0.717, 1.165) is 81.3 Å². The second-order valence-electron chi connectivity index (χ2n) is 14.8. The van der Waals surface area contributed by atoms with Gasteiger partial charge in [0.15, 0.2) is 16.9 Å². The summed E-state index contributed by atoms with van der Waals surface area (Å²) in [5, 5.41) is 17.9. The van der Waals surface area contributed by atoms with Crippen molar-refractivity contribution in [2.75, 3.05) is 10.6 Å². The molecular formula is C38H42F6N8O2. The van der Waals surface area contributed by atoms with Crippen molar-refractivity contribution in [3.63, 3.8) is 0 Å². The third-order valence-electron chi connectivity index (χ3n) is 10.6. The van der Waals surface area contributed by atoms with E-state index in [-0.39, 0.29) is 17.4 Å². The predicted octanol–water partition coefficient (Wildman–Crippen LogP) is 10.6. The minimum Gasteiger partial charge on any atom is -0.324 e. The van der Waals surface area contributed by atoms with Gasteiger partial charge in [-0.25, -0.2) is 9.69 Å². The summed E-state index contributed by atoms with van der Waals surface area (Å²) >= 11 is 0. The third kappa shape index (κ3) is 9.38. The van der Waals surface area contributed by atoms with Gasteiger partial charge in [0.05, 0.1) is 30.3 Å². The number of carbonyl (C=O) groups is 2. The van der Waals surface area contributed by atoms with Crippen LogP contribution in [0.5, 0.6) is 0 Å². The van der Waals surface area contributed by atoms with Gasteiger partial charge in [-0.2, -0.15) is 41.7 Å². The van der Waals surface area contributed by atoms with Crippen molar-refractivity contribution < 1.29 is 35.9 Å². The van der Waals surface area contributed by atoms with Gasteiger partial charge in [-0.05, 0) is 75.6 Å². The summed E-state index contributed by atoms with van der Waals surface area (Å²) in [4.78, 5) is 31.2. The molecular weight excluding hydrogens is 714 g/mol. The maximum atomic E-state index is 13.1. The third-order valence-corrected chi connectivity index (χ3v) is 10.6. The van der Waals surface area contributed by atoms with Gasteiger partial charge in [0, 0.05) is 29.9 Å². The van der Waals surface area contributed by atoms with E-state index in [2.05, 4.69) is 41.1 Å². The first-order chi connectivity index (χ1) is 25.5. The Labute approximate surface area is 309 Å². The zero-order valence-electron chi connectivity index (χ0n) is 30.0.